The Kier molecular flexibility index (Phi) is 4.30. The molecule has 0 spiro atoms. The average molecular weight is 271 g/mol. The van der Waals surface area contributed by atoms with Gasteiger partial charge in [0.05, 0.1) is 5.69 Å². The van der Waals surface area contributed by atoms with Gasteiger partial charge in [-0.15, -0.1) is 0 Å². The highest BCUT2D eigenvalue weighted by Crippen LogP contribution is 2.03. The van der Waals surface area contributed by atoms with Gasteiger partial charge >= 0.3 is 0 Å². The molecule has 0 aliphatic carbocycles. The summed E-state index contributed by atoms with van der Waals surface area (Å²) >= 11 is 0. The Labute approximate surface area is 117 Å². The highest BCUT2D eigenvalue weighted by Gasteiger charge is 2.16. The summed E-state index contributed by atoms with van der Waals surface area (Å²) in [6.07, 6.45) is 0. The number of rotatable bonds is 4. The fraction of sp³-hybridized carbons (Fsp3) is 0.267. The Hall–Kier alpha value is -2.43. The van der Waals surface area contributed by atoms with Crippen molar-refractivity contribution in [1.29, 1.82) is 0 Å². The van der Waals surface area contributed by atoms with Crippen molar-refractivity contribution >= 4 is 5.91 Å². The molecule has 0 saturated heterocycles. The number of amides is 1. The van der Waals surface area contributed by atoms with Crippen molar-refractivity contribution in [2.75, 3.05) is 0 Å². The molecule has 2 rings (SSSR count). The second kappa shape index (κ2) is 6.14. The van der Waals surface area contributed by atoms with Gasteiger partial charge in [0.1, 0.15) is 6.04 Å². The SMILES string of the molecule is Cc1ccc(=O)n(C(C)C(=O)NCc2ccccc2)n1. The van der Waals surface area contributed by atoms with Gasteiger partial charge in [-0.1, -0.05) is 30.3 Å². The minimum atomic E-state index is -0.633. The van der Waals surface area contributed by atoms with Crippen LogP contribution in [0.3, 0.4) is 0 Å². The van der Waals surface area contributed by atoms with Crippen molar-refractivity contribution in [3.63, 3.8) is 0 Å². The zero-order valence-electron chi connectivity index (χ0n) is 11.5. The average Bonchev–Trinajstić information content (AvgIpc) is 2.47. The third kappa shape index (κ3) is 3.32. The highest BCUT2D eigenvalue weighted by atomic mass is 16.2. The first kappa shape index (κ1) is 14.0. The number of carbonyl (C=O) groups is 1. The first-order valence-corrected chi connectivity index (χ1v) is 6.46. The lowest BCUT2D eigenvalue weighted by molar-refractivity contribution is -0.124. The Balaban J connectivity index is 2.05. The van der Waals surface area contributed by atoms with Crippen LogP contribution in [0.2, 0.25) is 0 Å². The van der Waals surface area contributed by atoms with E-state index in [9.17, 15) is 9.59 Å². The Morgan fingerprint density at radius 2 is 1.95 bits per heavy atom. The lowest BCUT2D eigenvalue weighted by Gasteiger charge is -2.14. The first-order valence-electron chi connectivity index (χ1n) is 6.46. The van der Waals surface area contributed by atoms with E-state index >= 15 is 0 Å². The van der Waals surface area contributed by atoms with E-state index in [0.29, 0.717) is 12.2 Å². The molecule has 20 heavy (non-hydrogen) atoms. The number of aromatic nitrogens is 2. The molecule has 1 amide bonds. The van der Waals surface area contributed by atoms with E-state index in [4.69, 9.17) is 0 Å². The second-order valence-electron chi connectivity index (χ2n) is 4.64. The molecule has 0 bridgehead atoms. The topological polar surface area (TPSA) is 64.0 Å². The van der Waals surface area contributed by atoms with Gasteiger partial charge in [0.25, 0.3) is 5.56 Å². The summed E-state index contributed by atoms with van der Waals surface area (Å²) in [5.74, 6) is -0.228. The van der Waals surface area contributed by atoms with Crippen LogP contribution in [0.4, 0.5) is 0 Å². The maximum Gasteiger partial charge on any atom is 0.267 e. The number of hydrogen-bond donors (Lipinski definition) is 1. The molecule has 5 nitrogen and oxygen atoms in total. The molecule has 0 radical (unpaired) electrons. The largest absolute Gasteiger partial charge is 0.350 e. The van der Waals surface area contributed by atoms with Crippen LogP contribution < -0.4 is 10.9 Å². The van der Waals surface area contributed by atoms with Gasteiger partial charge in [0, 0.05) is 12.6 Å². The van der Waals surface area contributed by atoms with Crippen molar-refractivity contribution < 1.29 is 4.79 Å². The quantitative estimate of drug-likeness (QED) is 0.915. The van der Waals surface area contributed by atoms with Crippen LogP contribution in [0, 0.1) is 6.92 Å². The molecule has 1 aromatic carbocycles. The van der Waals surface area contributed by atoms with E-state index < -0.39 is 6.04 Å². The van der Waals surface area contributed by atoms with Gasteiger partial charge in [-0.25, -0.2) is 4.68 Å². The van der Waals surface area contributed by atoms with Crippen LogP contribution in [0.25, 0.3) is 0 Å². The van der Waals surface area contributed by atoms with Gasteiger partial charge in [0.15, 0.2) is 0 Å². The van der Waals surface area contributed by atoms with E-state index in [1.165, 1.54) is 10.7 Å². The smallest absolute Gasteiger partial charge is 0.267 e. The summed E-state index contributed by atoms with van der Waals surface area (Å²) in [5, 5.41) is 6.90. The van der Waals surface area contributed by atoms with Gasteiger partial charge in [-0.2, -0.15) is 5.10 Å². The van der Waals surface area contributed by atoms with E-state index in [0.717, 1.165) is 5.56 Å². The van der Waals surface area contributed by atoms with Crippen LogP contribution in [0.15, 0.2) is 47.3 Å². The molecule has 104 valence electrons. The molecular weight excluding hydrogens is 254 g/mol. The van der Waals surface area contributed by atoms with Gasteiger partial charge < -0.3 is 5.32 Å². The molecule has 0 saturated carbocycles. The molecule has 1 atom stereocenters. The maximum atomic E-state index is 12.1. The summed E-state index contributed by atoms with van der Waals surface area (Å²) in [4.78, 5) is 23.8. The van der Waals surface area contributed by atoms with E-state index in [1.807, 2.05) is 30.3 Å². The molecule has 0 aliphatic rings. The fourth-order valence-corrected chi connectivity index (χ4v) is 1.84. The van der Waals surface area contributed by atoms with Gasteiger partial charge in [-0.05, 0) is 25.5 Å². The minimum absolute atomic E-state index is 0.228. The standard InChI is InChI=1S/C15H17N3O2/c1-11-8-9-14(19)18(17-11)12(2)15(20)16-10-13-6-4-3-5-7-13/h3-9,12H,10H2,1-2H3,(H,16,20). The maximum absolute atomic E-state index is 12.1. The molecule has 2 aromatic rings. The molecule has 0 aliphatic heterocycles. The van der Waals surface area contributed by atoms with E-state index in [-0.39, 0.29) is 11.5 Å². The lowest BCUT2D eigenvalue weighted by atomic mass is 10.2. The number of hydrogen-bond acceptors (Lipinski definition) is 3. The predicted octanol–water partition coefficient (Wildman–Crippen LogP) is 1.43. The summed E-state index contributed by atoms with van der Waals surface area (Å²) in [5.41, 5.74) is 1.43. The van der Waals surface area contributed by atoms with Gasteiger partial charge in [0.2, 0.25) is 5.91 Å². The Bertz CT molecular complexity index is 650. The summed E-state index contributed by atoms with van der Waals surface area (Å²) < 4.78 is 1.20. The predicted molar refractivity (Wildman–Crippen MR) is 76.2 cm³/mol. The number of carbonyl (C=O) groups excluding carboxylic acids is 1. The minimum Gasteiger partial charge on any atom is -0.350 e. The first-order chi connectivity index (χ1) is 9.58. The zero-order chi connectivity index (χ0) is 14.5. The van der Waals surface area contributed by atoms with Crippen molar-refractivity contribution in [1.82, 2.24) is 15.1 Å². The van der Waals surface area contributed by atoms with Crippen LogP contribution in [0.5, 0.6) is 0 Å². The summed E-state index contributed by atoms with van der Waals surface area (Å²) in [7, 11) is 0. The fourth-order valence-electron chi connectivity index (χ4n) is 1.84. The number of nitrogens with zero attached hydrogens (tertiary/aromatic N) is 2. The van der Waals surface area contributed by atoms with Crippen LogP contribution >= 0.6 is 0 Å². The van der Waals surface area contributed by atoms with Crippen molar-refractivity contribution in [2.45, 2.75) is 26.4 Å². The van der Waals surface area contributed by atoms with E-state index in [1.54, 1.807) is 19.9 Å². The third-order valence-corrected chi connectivity index (χ3v) is 3.01. The second-order valence-corrected chi connectivity index (χ2v) is 4.64. The molecular formula is C15H17N3O2. The van der Waals surface area contributed by atoms with Crippen LogP contribution in [-0.4, -0.2) is 15.7 Å². The van der Waals surface area contributed by atoms with Gasteiger partial charge in [-0.3, -0.25) is 9.59 Å². The normalized spacial score (nSPS) is 11.9. The number of benzene rings is 1. The van der Waals surface area contributed by atoms with Crippen molar-refractivity contribution in [2.24, 2.45) is 0 Å². The van der Waals surface area contributed by atoms with E-state index in [2.05, 4.69) is 10.4 Å². The third-order valence-electron chi connectivity index (χ3n) is 3.01. The lowest BCUT2D eigenvalue weighted by Crippen LogP contribution is -2.36. The number of aryl methyl sites for hydroxylation is 1. The van der Waals surface area contributed by atoms with Crippen LogP contribution in [0.1, 0.15) is 24.2 Å². The van der Waals surface area contributed by atoms with Crippen LogP contribution in [-0.2, 0) is 11.3 Å². The summed E-state index contributed by atoms with van der Waals surface area (Å²) in [6.45, 7) is 3.88. The molecule has 5 heteroatoms. The molecule has 1 N–H and O–H groups in total. The molecule has 1 heterocycles. The molecule has 1 aromatic heterocycles. The summed E-state index contributed by atoms with van der Waals surface area (Å²) in [6, 6.07) is 12.0. The Morgan fingerprint density at radius 1 is 1.25 bits per heavy atom. The molecule has 0 fully saturated rings. The molecule has 1 unspecified atom stereocenters. The zero-order valence-corrected chi connectivity index (χ0v) is 11.5. The monoisotopic (exact) mass is 271 g/mol. The van der Waals surface area contributed by atoms with Crippen molar-refractivity contribution in [3.05, 3.63) is 64.1 Å². The number of nitrogens with one attached hydrogen (secondary N) is 1. The Morgan fingerprint density at radius 3 is 2.65 bits per heavy atom. The highest BCUT2D eigenvalue weighted by molar-refractivity contribution is 5.79. The van der Waals surface area contributed by atoms with Crippen molar-refractivity contribution in [3.8, 4) is 0 Å².